The van der Waals surface area contributed by atoms with Gasteiger partial charge in [0.25, 0.3) is 5.91 Å². The van der Waals surface area contributed by atoms with Gasteiger partial charge in [-0.15, -0.1) is 0 Å². The summed E-state index contributed by atoms with van der Waals surface area (Å²) in [6.45, 7) is 8.73. The molecule has 1 rings (SSSR count). The Labute approximate surface area is 96.2 Å². The first-order valence-corrected chi connectivity index (χ1v) is 5.52. The maximum atomic E-state index is 11.9. The van der Waals surface area contributed by atoms with Gasteiger partial charge in [0.2, 0.25) is 0 Å². The molecule has 1 amide bonds. The van der Waals surface area contributed by atoms with Crippen molar-refractivity contribution in [1.82, 2.24) is 5.32 Å². The van der Waals surface area contributed by atoms with E-state index in [9.17, 15) is 4.79 Å². The number of carbonyl (C=O) groups excluding carboxylic acids is 1. The fourth-order valence-corrected chi connectivity index (χ4v) is 1.57. The smallest absolute Gasteiger partial charge is 0.255 e. The van der Waals surface area contributed by atoms with Gasteiger partial charge in [-0.1, -0.05) is 6.92 Å². The van der Waals surface area contributed by atoms with Gasteiger partial charge in [-0.25, -0.2) is 0 Å². The van der Waals surface area contributed by atoms with E-state index >= 15 is 0 Å². The van der Waals surface area contributed by atoms with Crippen LogP contribution in [0, 0.1) is 26.7 Å². The number of amides is 1. The molecule has 90 valence electrons. The van der Waals surface area contributed by atoms with Crippen molar-refractivity contribution in [1.29, 1.82) is 0 Å². The van der Waals surface area contributed by atoms with Crippen LogP contribution in [0.2, 0.25) is 0 Å². The third kappa shape index (κ3) is 2.64. The van der Waals surface area contributed by atoms with Crippen LogP contribution in [0.1, 0.15) is 34.4 Å². The molecule has 4 heteroatoms. The minimum Gasteiger partial charge on any atom is -0.466 e. The Morgan fingerprint density at radius 2 is 2.00 bits per heavy atom. The summed E-state index contributed by atoms with van der Waals surface area (Å²) in [5.74, 6) is 1.69. The van der Waals surface area contributed by atoms with Crippen LogP contribution in [0.15, 0.2) is 4.42 Å². The van der Waals surface area contributed by atoms with Gasteiger partial charge in [0, 0.05) is 12.1 Å². The lowest BCUT2D eigenvalue weighted by atomic mass is 10.1. The predicted octanol–water partition coefficient (Wildman–Crippen LogP) is 1.53. The number of nitrogens with two attached hydrogens (primary N) is 1. The first-order valence-electron chi connectivity index (χ1n) is 5.52. The van der Waals surface area contributed by atoms with Crippen LogP contribution < -0.4 is 11.1 Å². The molecular formula is C12H20N2O2. The molecule has 0 aliphatic heterocycles. The molecule has 0 aliphatic rings. The molecule has 16 heavy (non-hydrogen) atoms. The third-order valence-corrected chi connectivity index (χ3v) is 2.80. The number of nitrogens with one attached hydrogen (secondary N) is 1. The standard InChI is InChI=1S/C12H20N2O2/c1-7(5-13)6-14-12(15)11-8(2)9(3)16-10(11)4/h7H,5-6,13H2,1-4H3,(H,14,15). The third-order valence-electron chi connectivity index (χ3n) is 2.80. The second kappa shape index (κ2) is 5.16. The second-order valence-electron chi connectivity index (χ2n) is 4.27. The van der Waals surface area contributed by atoms with Crippen molar-refractivity contribution >= 4 is 5.91 Å². The van der Waals surface area contributed by atoms with Gasteiger partial charge >= 0.3 is 0 Å². The molecule has 1 atom stereocenters. The van der Waals surface area contributed by atoms with Crippen LogP contribution >= 0.6 is 0 Å². The second-order valence-corrected chi connectivity index (χ2v) is 4.27. The summed E-state index contributed by atoms with van der Waals surface area (Å²) in [4.78, 5) is 11.9. The Balaban J connectivity index is 2.73. The Hall–Kier alpha value is -1.29. The first kappa shape index (κ1) is 12.8. The predicted molar refractivity (Wildman–Crippen MR) is 63.5 cm³/mol. The van der Waals surface area contributed by atoms with Crippen LogP contribution in [-0.2, 0) is 0 Å². The van der Waals surface area contributed by atoms with E-state index in [-0.39, 0.29) is 11.8 Å². The normalized spacial score (nSPS) is 12.6. The zero-order valence-corrected chi connectivity index (χ0v) is 10.4. The average Bonchev–Trinajstić information content (AvgIpc) is 2.49. The highest BCUT2D eigenvalue weighted by atomic mass is 16.3. The molecular weight excluding hydrogens is 204 g/mol. The van der Waals surface area contributed by atoms with Crippen molar-refractivity contribution in [2.24, 2.45) is 11.7 Å². The zero-order valence-electron chi connectivity index (χ0n) is 10.4. The Morgan fingerprint density at radius 3 is 2.44 bits per heavy atom. The molecule has 4 nitrogen and oxygen atoms in total. The van der Waals surface area contributed by atoms with Crippen molar-refractivity contribution < 1.29 is 9.21 Å². The van der Waals surface area contributed by atoms with Crippen molar-refractivity contribution in [3.8, 4) is 0 Å². The Bertz CT molecular complexity index is 383. The quantitative estimate of drug-likeness (QED) is 0.815. The summed E-state index contributed by atoms with van der Waals surface area (Å²) in [6.07, 6.45) is 0. The summed E-state index contributed by atoms with van der Waals surface area (Å²) in [6, 6.07) is 0. The summed E-state index contributed by atoms with van der Waals surface area (Å²) in [7, 11) is 0. The average molecular weight is 224 g/mol. The Kier molecular flexibility index (Phi) is 4.12. The van der Waals surface area contributed by atoms with Gasteiger partial charge in [-0.3, -0.25) is 4.79 Å². The van der Waals surface area contributed by atoms with Crippen molar-refractivity contribution in [2.75, 3.05) is 13.1 Å². The van der Waals surface area contributed by atoms with Crippen molar-refractivity contribution in [3.63, 3.8) is 0 Å². The molecule has 0 radical (unpaired) electrons. The van der Waals surface area contributed by atoms with Gasteiger partial charge in [0.15, 0.2) is 0 Å². The zero-order chi connectivity index (χ0) is 12.3. The molecule has 1 aromatic rings. The van der Waals surface area contributed by atoms with E-state index in [1.54, 1.807) is 6.92 Å². The topological polar surface area (TPSA) is 68.3 Å². The van der Waals surface area contributed by atoms with Gasteiger partial charge in [0.1, 0.15) is 11.5 Å². The summed E-state index contributed by atoms with van der Waals surface area (Å²) in [5.41, 5.74) is 7.06. The first-order chi connectivity index (χ1) is 7.47. The minimum absolute atomic E-state index is 0.0767. The molecule has 0 fully saturated rings. The monoisotopic (exact) mass is 224 g/mol. The maximum absolute atomic E-state index is 11.9. The minimum atomic E-state index is -0.0767. The summed E-state index contributed by atoms with van der Waals surface area (Å²) in [5, 5.41) is 2.87. The molecule has 0 aliphatic carbocycles. The van der Waals surface area contributed by atoms with E-state index in [0.717, 1.165) is 11.3 Å². The molecule has 0 saturated carbocycles. The Morgan fingerprint density at radius 1 is 1.38 bits per heavy atom. The van der Waals surface area contributed by atoms with E-state index in [4.69, 9.17) is 10.2 Å². The van der Waals surface area contributed by atoms with E-state index < -0.39 is 0 Å². The molecule has 1 unspecified atom stereocenters. The number of carbonyl (C=O) groups is 1. The van der Waals surface area contributed by atoms with Crippen molar-refractivity contribution in [3.05, 3.63) is 22.6 Å². The summed E-state index contributed by atoms with van der Waals surface area (Å²) < 4.78 is 5.41. The highest BCUT2D eigenvalue weighted by molar-refractivity contribution is 5.96. The lowest BCUT2D eigenvalue weighted by molar-refractivity contribution is 0.0946. The highest BCUT2D eigenvalue weighted by Gasteiger charge is 2.18. The SMILES string of the molecule is Cc1oc(C)c(C(=O)NCC(C)CN)c1C. The van der Waals surface area contributed by atoms with Gasteiger partial charge < -0.3 is 15.5 Å². The molecule has 1 aromatic heterocycles. The van der Waals surface area contributed by atoms with Gasteiger partial charge in [-0.2, -0.15) is 0 Å². The van der Waals surface area contributed by atoms with E-state index in [1.807, 2.05) is 20.8 Å². The maximum Gasteiger partial charge on any atom is 0.255 e. The number of aryl methyl sites for hydroxylation is 2. The van der Waals surface area contributed by atoms with E-state index in [0.29, 0.717) is 24.4 Å². The lowest BCUT2D eigenvalue weighted by Crippen LogP contribution is -2.31. The van der Waals surface area contributed by atoms with Gasteiger partial charge in [0.05, 0.1) is 5.56 Å². The number of hydrogen-bond acceptors (Lipinski definition) is 3. The van der Waals surface area contributed by atoms with Crippen LogP contribution in [0.25, 0.3) is 0 Å². The molecule has 0 spiro atoms. The molecule has 3 N–H and O–H groups in total. The largest absolute Gasteiger partial charge is 0.466 e. The van der Waals surface area contributed by atoms with E-state index in [2.05, 4.69) is 5.32 Å². The highest BCUT2D eigenvalue weighted by Crippen LogP contribution is 2.20. The van der Waals surface area contributed by atoms with Crippen LogP contribution in [0.4, 0.5) is 0 Å². The number of hydrogen-bond donors (Lipinski definition) is 2. The molecule has 0 saturated heterocycles. The van der Waals surface area contributed by atoms with Crippen molar-refractivity contribution in [2.45, 2.75) is 27.7 Å². The number of rotatable bonds is 4. The van der Waals surface area contributed by atoms with E-state index in [1.165, 1.54) is 0 Å². The summed E-state index contributed by atoms with van der Waals surface area (Å²) >= 11 is 0. The fourth-order valence-electron chi connectivity index (χ4n) is 1.57. The number of furan rings is 1. The molecule has 0 bridgehead atoms. The molecule has 1 heterocycles. The van der Waals surface area contributed by atoms with Crippen LogP contribution in [-0.4, -0.2) is 19.0 Å². The fraction of sp³-hybridized carbons (Fsp3) is 0.583. The molecule has 0 aromatic carbocycles. The van der Waals surface area contributed by atoms with Crippen LogP contribution in [0.3, 0.4) is 0 Å². The van der Waals surface area contributed by atoms with Crippen LogP contribution in [0.5, 0.6) is 0 Å². The lowest BCUT2D eigenvalue weighted by Gasteiger charge is -2.10. The van der Waals surface area contributed by atoms with Gasteiger partial charge in [-0.05, 0) is 33.2 Å².